The van der Waals surface area contributed by atoms with Crippen molar-refractivity contribution in [3.05, 3.63) is 35.9 Å². The number of rotatable bonds is 7. The molecule has 1 aliphatic rings. The molecular weight excluding hydrogens is 264 g/mol. The van der Waals surface area contributed by atoms with Gasteiger partial charge in [0.1, 0.15) is 0 Å². The molecule has 0 spiro atoms. The van der Waals surface area contributed by atoms with Crippen LogP contribution in [0.2, 0.25) is 0 Å². The molecule has 1 saturated heterocycles. The van der Waals surface area contributed by atoms with Crippen molar-refractivity contribution in [1.29, 1.82) is 0 Å². The SMILES string of the molecule is CCCNC(=O)C1CC(=O)N(CCCc2ccccc2)C1. The van der Waals surface area contributed by atoms with Crippen LogP contribution >= 0.6 is 0 Å². The van der Waals surface area contributed by atoms with Gasteiger partial charge in [-0.2, -0.15) is 0 Å². The summed E-state index contributed by atoms with van der Waals surface area (Å²) in [7, 11) is 0. The maximum Gasteiger partial charge on any atom is 0.225 e. The molecule has 0 radical (unpaired) electrons. The minimum atomic E-state index is -0.166. The topological polar surface area (TPSA) is 49.4 Å². The zero-order valence-electron chi connectivity index (χ0n) is 12.7. The van der Waals surface area contributed by atoms with Crippen molar-refractivity contribution in [2.24, 2.45) is 5.92 Å². The number of amides is 2. The summed E-state index contributed by atoms with van der Waals surface area (Å²) in [5.74, 6) is -0.0313. The van der Waals surface area contributed by atoms with Crippen LogP contribution in [-0.4, -0.2) is 36.3 Å². The Hall–Kier alpha value is -1.84. The van der Waals surface area contributed by atoms with Gasteiger partial charge in [-0.05, 0) is 24.8 Å². The summed E-state index contributed by atoms with van der Waals surface area (Å²) in [6.07, 6.45) is 3.20. The third-order valence-corrected chi connectivity index (χ3v) is 3.87. The second-order valence-electron chi connectivity index (χ2n) is 5.62. The molecule has 2 rings (SSSR count). The standard InChI is InChI=1S/C17H24N2O2/c1-2-10-18-17(21)15-12-16(20)19(13-15)11-6-9-14-7-4-3-5-8-14/h3-5,7-8,15H,2,6,9-13H2,1H3,(H,18,21). The summed E-state index contributed by atoms with van der Waals surface area (Å²) in [4.78, 5) is 25.7. The fourth-order valence-electron chi connectivity index (χ4n) is 2.68. The molecule has 1 N–H and O–H groups in total. The van der Waals surface area contributed by atoms with Gasteiger partial charge in [0.25, 0.3) is 0 Å². The van der Waals surface area contributed by atoms with Crippen LogP contribution < -0.4 is 5.32 Å². The number of benzene rings is 1. The molecule has 0 saturated carbocycles. The number of aryl methyl sites for hydroxylation is 1. The minimum Gasteiger partial charge on any atom is -0.356 e. The maximum absolute atomic E-state index is 12.0. The van der Waals surface area contributed by atoms with Gasteiger partial charge >= 0.3 is 0 Å². The quantitative estimate of drug-likeness (QED) is 0.834. The summed E-state index contributed by atoms with van der Waals surface area (Å²) in [6.45, 7) is 4.03. The second-order valence-corrected chi connectivity index (χ2v) is 5.62. The number of carbonyl (C=O) groups is 2. The van der Waals surface area contributed by atoms with Gasteiger partial charge in [-0.1, -0.05) is 37.3 Å². The maximum atomic E-state index is 12.0. The molecule has 1 fully saturated rings. The van der Waals surface area contributed by atoms with Crippen LogP contribution in [0, 0.1) is 5.92 Å². The molecule has 0 bridgehead atoms. The van der Waals surface area contributed by atoms with Gasteiger partial charge in [0, 0.05) is 26.1 Å². The summed E-state index contributed by atoms with van der Waals surface area (Å²) < 4.78 is 0. The first kappa shape index (κ1) is 15.5. The Labute approximate surface area is 126 Å². The van der Waals surface area contributed by atoms with Crippen LogP contribution in [0.1, 0.15) is 31.7 Å². The van der Waals surface area contributed by atoms with Crippen LogP contribution in [-0.2, 0) is 16.0 Å². The average molecular weight is 288 g/mol. The molecule has 1 aromatic carbocycles. The van der Waals surface area contributed by atoms with Crippen molar-refractivity contribution in [2.45, 2.75) is 32.6 Å². The lowest BCUT2D eigenvalue weighted by Gasteiger charge is -2.16. The molecule has 0 aromatic heterocycles. The number of carbonyl (C=O) groups excluding carboxylic acids is 2. The number of hydrogen-bond donors (Lipinski definition) is 1. The Morgan fingerprint density at radius 3 is 2.81 bits per heavy atom. The monoisotopic (exact) mass is 288 g/mol. The fraction of sp³-hybridized carbons (Fsp3) is 0.529. The number of nitrogens with one attached hydrogen (secondary N) is 1. The van der Waals surface area contributed by atoms with E-state index in [-0.39, 0.29) is 17.7 Å². The zero-order chi connectivity index (χ0) is 15.1. The number of nitrogens with zero attached hydrogens (tertiary/aromatic N) is 1. The van der Waals surface area contributed by atoms with E-state index in [1.165, 1.54) is 5.56 Å². The Kier molecular flexibility index (Phi) is 5.78. The first-order valence-corrected chi connectivity index (χ1v) is 7.80. The van der Waals surface area contributed by atoms with Crippen LogP contribution in [0.5, 0.6) is 0 Å². The largest absolute Gasteiger partial charge is 0.356 e. The highest BCUT2D eigenvalue weighted by Crippen LogP contribution is 2.18. The number of likely N-dealkylation sites (tertiary alicyclic amines) is 1. The van der Waals surface area contributed by atoms with Crippen molar-refractivity contribution in [3.8, 4) is 0 Å². The molecule has 1 atom stereocenters. The lowest BCUT2D eigenvalue weighted by Crippen LogP contribution is -2.33. The van der Waals surface area contributed by atoms with Gasteiger partial charge in [0.05, 0.1) is 5.92 Å². The molecule has 1 heterocycles. The number of hydrogen-bond acceptors (Lipinski definition) is 2. The second kappa shape index (κ2) is 7.81. The van der Waals surface area contributed by atoms with Crippen molar-refractivity contribution in [1.82, 2.24) is 10.2 Å². The molecule has 21 heavy (non-hydrogen) atoms. The third-order valence-electron chi connectivity index (χ3n) is 3.87. The van der Waals surface area contributed by atoms with Crippen LogP contribution in [0.3, 0.4) is 0 Å². The smallest absolute Gasteiger partial charge is 0.225 e. The van der Waals surface area contributed by atoms with E-state index >= 15 is 0 Å². The van der Waals surface area contributed by atoms with Crippen molar-refractivity contribution >= 4 is 11.8 Å². The van der Waals surface area contributed by atoms with E-state index in [0.29, 0.717) is 19.5 Å². The zero-order valence-corrected chi connectivity index (χ0v) is 12.7. The Morgan fingerprint density at radius 1 is 1.33 bits per heavy atom. The van der Waals surface area contributed by atoms with Crippen LogP contribution in [0.4, 0.5) is 0 Å². The van der Waals surface area contributed by atoms with Crippen molar-refractivity contribution in [2.75, 3.05) is 19.6 Å². The van der Waals surface area contributed by atoms with E-state index in [1.54, 1.807) is 0 Å². The summed E-state index contributed by atoms with van der Waals surface area (Å²) >= 11 is 0. The Bertz CT molecular complexity index is 473. The molecule has 1 aliphatic heterocycles. The van der Waals surface area contributed by atoms with Crippen LogP contribution in [0.15, 0.2) is 30.3 Å². The molecule has 114 valence electrons. The molecule has 1 unspecified atom stereocenters. The molecular formula is C17H24N2O2. The highest BCUT2D eigenvalue weighted by molar-refractivity contribution is 5.89. The van der Waals surface area contributed by atoms with Gasteiger partial charge in [0.2, 0.25) is 11.8 Å². The third kappa shape index (κ3) is 4.59. The van der Waals surface area contributed by atoms with Crippen molar-refractivity contribution in [3.63, 3.8) is 0 Å². The molecule has 4 heteroatoms. The molecule has 2 amide bonds. The van der Waals surface area contributed by atoms with Crippen molar-refractivity contribution < 1.29 is 9.59 Å². The van der Waals surface area contributed by atoms with Gasteiger partial charge in [-0.15, -0.1) is 0 Å². The van der Waals surface area contributed by atoms with E-state index in [1.807, 2.05) is 30.0 Å². The van der Waals surface area contributed by atoms with Gasteiger partial charge in [-0.3, -0.25) is 9.59 Å². The highest BCUT2D eigenvalue weighted by Gasteiger charge is 2.33. The Balaban J connectivity index is 1.74. The fourth-order valence-corrected chi connectivity index (χ4v) is 2.68. The predicted octanol–water partition coefficient (Wildman–Crippen LogP) is 1.99. The van der Waals surface area contributed by atoms with E-state index in [0.717, 1.165) is 25.8 Å². The normalized spacial score (nSPS) is 18.0. The molecule has 1 aromatic rings. The lowest BCUT2D eigenvalue weighted by molar-refractivity contribution is -0.129. The van der Waals surface area contributed by atoms with E-state index in [2.05, 4.69) is 17.4 Å². The first-order valence-electron chi connectivity index (χ1n) is 7.80. The molecule has 0 aliphatic carbocycles. The molecule has 4 nitrogen and oxygen atoms in total. The first-order chi connectivity index (χ1) is 10.2. The van der Waals surface area contributed by atoms with Gasteiger partial charge in [-0.25, -0.2) is 0 Å². The van der Waals surface area contributed by atoms with E-state index < -0.39 is 0 Å². The predicted molar refractivity (Wildman–Crippen MR) is 82.8 cm³/mol. The van der Waals surface area contributed by atoms with E-state index in [4.69, 9.17) is 0 Å². The summed E-state index contributed by atoms with van der Waals surface area (Å²) in [5, 5.41) is 2.88. The Morgan fingerprint density at radius 2 is 2.10 bits per heavy atom. The highest BCUT2D eigenvalue weighted by atomic mass is 16.2. The summed E-state index contributed by atoms with van der Waals surface area (Å²) in [5.41, 5.74) is 1.29. The lowest BCUT2D eigenvalue weighted by atomic mass is 10.1. The van der Waals surface area contributed by atoms with Crippen LogP contribution in [0.25, 0.3) is 0 Å². The van der Waals surface area contributed by atoms with Gasteiger partial charge < -0.3 is 10.2 Å². The minimum absolute atomic E-state index is 0.0239. The van der Waals surface area contributed by atoms with Gasteiger partial charge in [0.15, 0.2) is 0 Å². The summed E-state index contributed by atoms with van der Waals surface area (Å²) in [6, 6.07) is 10.3. The van der Waals surface area contributed by atoms with E-state index in [9.17, 15) is 9.59 Å². The average Bonchev–Trinajstić information content (AvgIpc) is 2.87.